The Morgan fingerprint density at radius 2 is 1.94 bits per heavy atom. The van der Waals surface area contributed by atoms with Gasteiger partial charge in [-0.2, -0.15) is 0 Å². The van der Waals surface area contributed by atoms with E-state index in [-0.39, 0.29) is 5.82 Å². The molecule has 3 nitrogen and oxygen atoms in total. The Morgan fingerprint density at radius 3 is 2.44 bits per heavy atom. The second-order valence-corrected chi connectivity index (χ2v) is 3.78. The summed E-state index contributed by atoms with van der Waals surface area (Å²) in [6.07, 6.45) is 0. The van der Waals surface area contributed by atoms with E-state index in [2.05, 4.69) is 10.3 Å². The molecule has 4 heteroatoms. The minimum atomic E-state index is -0.146. The Hall–Kier alpha value is -1.58. The second kappa shape index (κ2) is 5.49. The number of benzene rings is 1. The molecule has 0 aromatic heterocycles. The summed E-state index contributed by atoms with van der Waals surface area (Å²) >= 11 is 0. The highest BCUT2D eigenvalue weighted by atomic mass is 19.1. The standard InChI is InChI=1S/C12H18FN3/c1-4-15-12(14)16-7-10-5-8(2)11(13)9(3)6-10/h5-6H,4,7H2,1-3H3,(H3,14,15,16). The molecule has 88 valence electrons. The number of guanidine groups is 1. The molecule has 0 spiro atoms. The molecule has 1 aromatic rings. The summed E-state index contributed by atoms with van der Waals surface area (Å²) in [6, 6.07) is 3.59. The van der Waals surface area contributed by atoms with E-state index in [1.54, 1.807) is 26.0 Å². The minimum absolute atomic E-state index is 0.146. The van der Waals surface area contributed by atoms with Crippen molar-refractivity contribution in [1.82, 2.24) is 5.32 Å². The van der Waals surface area contributed by atoms with Crippen molar-refractivity contribution in [2.24, 2.45) is 10.7 Å². The summed E-state index contributed by atoms with van der Waals surface area (Å²) in [7, 11) is 0. The van der Waals surface area contributed by atoms with Crippen LogP contribution in [-0.2, 0) is 6.54 Å². The van der Waals surface area contributed by atoms with Gasteiger partial charge in [-0.15, -0.1) is 0 Å². The lowest BCUT2D eigenvalue weighted by Gasteiger charge is -2.06. The monoisotopic (exact) mass is 223 g/mol. The largest absolute Gasteiger partial charge is 0.370 e. The van der Waals surface area contributed by atoms with Crippen LogP contribution in [0.2, 0.25) is 0 Å². The van der Waals surface area contributed by atoms with Crippen LogP contribution >= 0.6 is 0 Å². The van der Waals surface area contributed by atoms with E-state index in [0.717, 1.165) is 12.1 Å². The Kier molecular flexibility index (Phi) is 4.28. The van der Waals surface area contributed by atoms with Gasteiger partial charge in [0.25, 0.3) is 0 Å². The lowest BCUT2D eigenvalue weighted by atomic mass is 10.1. The fourth-order valence-corrected chi connectivity index (χ4v) is 1.54. The van der Waals surface area contributed by atoms with E-state index in [0.29, 0.717) is 23.6 Å². The molecule has 0 amide bonds. The van der Waals surface area contributed by atoms with Crippen LogP contribution in [0.25, 0.3) is 0 Å². The van der Waals surface area contributed by atoms with Gasteiger partial charge in [0.05, 0.1) is 6.54 Å². The van der Waals surface area contributed by atoms with Gasteiger partial charge in [0, 0.05) is 6.54 Å². The summed E-state index contributed by atoms with van der Waals surface area (Å²) < 4.78 is 13.4. The average molecular weight is 223 g/mol. The first kappa shape index (κ1) is 12.5. The van der Waals surface area contributed by atoms with Crippen LogP contribution < -0.4 is 11.1 Å². The zero-order valence-electron chi connectivity index (χ0n) is 9.97. The molecule has 0 radical (unpaired) electrons. The molecule has 0 saturated heterocycles. The fourth-order valence-electron chi connectivity index (χ4n) is 1.54. The first-order valence-corrected chi connectivity index (χ1v) is 5.34. The van der Waals surface area contributed by atoms with Crippen molar-refractivity contribution in [3.8, 4) is 0 Å². The van der Waals surface area contributed by atoms with Crippen LogP contribution in [0.3, 0.4) is 0 Å². The van der Waals surface area contributed by atoms with Gasteiger partial charge >= 0.3 is 0 Å². The molecule has 16 heavy (non-hydrogen) atoms. The van der Waals surface area contributed by atoms with Crippen LogP contribution in [-0.4, -0.2) is 12.5 Å². The predicted molar refractivity (Wildman–Crippen MR) is 64.9 cm³/mol. The van der Waals surface area contributed by atoms with Crippen LogP contribution in [0.15, 0.2) is 17.1 Å². The van der Waals surface area contributed by atoms with E-state index in [4.69, 9.17) is 5.73 Å². The number of halogens is 1. The Bertz CT molecular complexity index is 376. The second-order valence-electron chi connectivity index (χ2n) is 3.78. The Labute approximate surface area is 95.6 Å². The number of aryl methyl sites for hydroxylation is 2. The van der Waals surface area contributed by atoms with Gasteiger partial charge in [-0.05, 0) is 37.5 Å². The van der Waals surface area contributed by atoms with Gasteiger partial charge in [0.15, 0.2) is 5.96 Å². The maximum absolute atomic E-state index is 13.4. The lowest BCUT2D eigenvalue weighted by molar-refractivity contribution is 0.608. The molecule has 3 N–H and O–H groups in total. The molecule has 0 atom stereocenters. The quantitative estimate of drug-likeness (QED) is 0.607. The average Bonchev–Trinajstić information content (AvgIpc) is 2.23. The summed E-state index contributed by atoms with van der Waals surface area (Å²) in [5, 5.41) is 2.91. The van der Waals surface area contributed by atoms with Gasteiger partial charge in [0.2, 0.25) is 0 Å². The molecule has 1 aromatic carbocycles. The van der Waals surface area contributed by atoms with Gasteiger partial charge in [0.1, 0.15) is 5.82 Å². The Balaban J connectivity index is 2.79. The molecule has 0 heterocycles. The van der Waals surface area contributed by atoms with Crippen LogP contribution in [0.4, 0.5) is 4.39 Å². The van der Waals surface area contributed by atoms with Crippen molar-refractivity contribution >= 4 is 5.96 Å². The maximum atomic E-state index is 13.4. The summed E-state index contributed by atoms with van der Waals surface area (Å²) in [6.45, 7) is 6.68. The number of hydrogen-bond acceptors (Lipinski definition) is 1. The minimum Gasteiger partial charge on any atom is -0.370 e. The molecule has 0 aliphatic rings. The molecule has 0 unspecified atom stereocenters. The van der Waals surface area contributed by atoms with E-state index >= 15 is 0 Å². The zero-order chi connectivity index (χ0) is 12.1. The van der Waals surface area contributed by atoms with Crippen LogP contribution in [0, 0.1) is 19.7 Å². The lowest BCUT2D eigenvalue weighted by Crippen LogP contribution is -2.31. The fraction of sp³-hybridized carbons (Fsp3) is 0.417. The van der Waals surface area contributed by atoms with Crippen molar-refractivity contribution in [3.05, 3.63) is 34.6 Å². The first-order valence-electron chi connectivity index (χ1n) is 5.34. The Morgan fingerprint density at radius 1 is 1.38 bits per heavy atom. The highest BCUT2D eigenvalue weighted by molar-refractivity contribution is 5.77. The summed E-state index contributed by atoms with van der Waals surface area (Å²) in [4.78, 5) is 4.16. The van der Waals surface area contributed by atoms with Crippen LogP contribution in [0.5, 0.6) is 0 Å². The summed E-state index contributed by atoms with van der Waals surface area (Å²) in [5.41, 5.74) is 7.86. The van der Waals surface area contributed by atoms with Crippen molar-refractivity contribution in [1.29, 1.82) is 0 Å². The number of hydrogen-bond donors (Lipinski definition) is 2. The highest BCUT2D eigenvalue weighted by Gasteiger charge is 2.03. The normalized spacial score (nSPS) is 11.6. The molecule has 0 fully saturated rings. The van der Waals surface area contributed by atoms with Crippen molar-refractivity contribution in [2.45, 2.75) is 27.3 Å². The highest BCUT2D eigenvalue weighted by Crippen LogP contribution is 2.15. The van der Waals surface area contributed by atoms with Gasteiger partial charge in [-0.1, -0.05) is 12.1 Å². The third-order valence-electron chi connectivity index (χ3n) is 2.29. The molecule has 0 bridgehead atoms. The predicted octanol–water partition coefficient (Wildman–Crippen LogP) is 1.87. The van der Waals surface area contributed by atoms with E-state index < -0.39 is 0 Å². The number of aliphatic imine (C=N–C) groups is 1. The van der Waals surface area contributed by atoms with Crippen molar-refractivity contribution < 1.29 is 4.39 Å². The molecule has 0 aliphatic heterocycles. The molecular formula is C12H18FN3. The third-order valence-corrected chi connectivity index (χ3v) is 2.29. The molecular weight excluding hydrogens is 205 g/mol. The topological polar surface area (TPSA) is 50.4 Å². The maximum Gasteiger partial charge on any atom is 0.188 e. The van der Waals surface area contributed by atoms with Gasteiger partial charge in [-0.25, -0.2) is 9.38 Å². The van der Waals surface area contributed by atoms with E-state index in [1.165, 1.54) is 0 Å². The van der Waals surface area contributed by atoms with Gasteiger partial charge in [-0.3, -0.25) is 0 Å². The van der Waals surface area contributed by atoms with E-state index in [9.17, 15) is 4.39 Å². The molecule has 0 aliphatic carbocycles. The van der Waals surface area contributed by atoms with Gasteiger partial charge < -0.3 is 11.1 Å². The number of nitrogens with one attached hydrogen (secondary N) is 1. The van der Waals surface area contributed by atoms with E-state index in [1.807, 2.05) is 6.92 Å². The van der Waals surface area contributed by atoms with Crippen molar-refractivity contribution in [2.75, 3.05) is 6.54 Å². The number of rotatable bonds is 3. The molecule has 1 rings (SSSR count). The SMILES string of the molecule is CCNC(N)=NCc1cc(C)c(F)c(C)c1. The third kappa shape index (κ3) is 3.22. The smallest absolute Gasteiger partial charge is 0.188 e. The number of nitrogens with two attached hydrogens (primary N) is 1. The molecule has 0 saturated carbocycles. The van der Waals surface area contributed by atoms with Crippen LogP contribution in [0.1, 0.15) is 23.6 Å². The van der Waals surface area contributed by atoms with Crippen molar-refractivity contribution in [3.63, 3.8) is 0 Å². The summed E-state index contributed by atoms with van der Waals surface area (Å²) in [5.74, 6) is 0.273. The zero-order valence-corrected chi connectivity index (χ0v) is 9.97. The first-order chi connectivity index (χ1) is 7.54. The number of nitrogens with zero attached hydrogens (tertiary/aromatic N) is 1.